The zero-order valence-corrected chi connectivity index (χ0v) is 25.5. The molecule has 0 aliphatic rings. The number of nitrogens with one attached hydrogen (secondary N) is 4. The maximum absolute atomic E-state index is 13.9. The molecule has 0 heterocycles. The smallest absolute Gasteiger partial charge is 0.273 e. The van der Waals surface area contributed by atoms with E-state index in [2.05, 4.69) is 21.3 Å². The first-order valence-corrected chi connectivity index (χ1v) is 13.8. The Bertz CT molecular complexity index is 1250. The molecule has 0 aliphatic carbocycles. The third-order valence-electron chi connectivity index (χ3n) is 6.44. The Balaban J connectivity index is 2.19. The second-order valence-electron chi connectivity index (χ2n) is 10.7. The lowest BCUT2D eigenvalue weighted by Gasteiger charge is -2.26. The molecule has 2 aromatic rings. The number of amides is 3. The van der Waals surface area contributed by atoms with Crippen LogP contribution >= 0.6 is 11.6 Å². The Morgan fingerprint density at radius 2 is 1.78 bits per heavy atom. The monoisotopic (exact) mass is 589 g/mol. The van der Waals surface area contributed by atoms with Crippen molar-refractivity contribution in [2.75, 3.05) is 39.6 Å². The molecule has 9 nitrogen and oxygen atoms in total. The van der Waals surface area contributed by atoms with Crippen molar-refractivity contribution in [3.05, 3.63) is 70.3 Å². The number of hydrogen-bond acceptors (Lipinski definition) is 6. The Kier molecular flexibility index (Phi) is 12.6. The standard InChI is InChI=1S/C30H41ClFN5O4/c1-8-41-25-16-23(32)22(31)15-21(25)28(39)34-18-30(3,4)17-26(38)36-27(24(33-5)14-19(2)37(6)7)29(40)35-20-12-10-9-11-13-20/h9-13,15-16,19,33H,8,14,17-18H2,1-7H3,(H,34,39)(H,35,40)(H,36,38)/b27-24+/t19-/m1/s1. The van der Waals surface area contributed by atoms with Crippen LogP contribution in [0.25, 0.3) is 0 Å². The first kappa shape index (κ1) is 33.6. The molecule has 0 radical (unpaired) electrons. The molecule has 0 fully saturated rings. The summed E-state index contributed by atoms with van der Waals surface area (Å²) in [5.41, 5.74) is 0.686. The first-order valence-electron chi connectivity index (χ1n) is 13.4. The quantitative estimate of drug-likeness (QED) is 0.241. The third-order valence-corrected chi connectivity index (χ3v) is 6.73. The minimum Gasteiger partial charge on any atom is -0.493 e. The summed E-state index contributed by atoms with van der Waals surface area (Å²) >= 11 is 5.89. The van der Waals surface area contributed by atoms with Crippen molar-refractivity contribution in [1.82, 2.24) is 20.9 Å². The molecule has 4 N–H and O–H groups in total. The van der Waals surface area contributed by atoms with Gasteiger partial charge in [-0.1, -0.05) is 43.6 Å². The molecule has 1 atom stereocenters. The number of halogens is 2. The highest BCUT2D eigenvalue weighted by Gasteiger charge is 2.27. The number of rotatable bonds is 14. The van der Waals surface area contributed by atoms with E-state index >= 15 is 0 Å². The Morgan fingerprint density at radius 1 is 1.12 bits per heavy atom. The van der Waals surface area contributed by atoms with E-state index < -0.39 is 29.0 Å². The van der Waals surface area contributed by atoms with E-state index in [-0.39, 0.29) is 47.6 Å². The number of anilines is 1. The Labute approximate surface area is 246 Å². The molecule has 0 unspecified atom stereocenters. The summed E-state index contributed by atoms with van der Waals surface area (Å²) in [6.45, 7) is 7.72. The lowest BCUT2D eigenvalue weighted by Crippen LogP contribution is -2.40. The van der Waals surface area contributed by atoms with Gasteiger partial charge in [-0.05, 0) is 51.6 Å². The molecule has 0 spiro atoms. The van der Waals surface area contributed by atoms with Crippen LogP contribution in [0.15, 0.2) is 53.9 Å². The van der Waals surface area contributed by atoms with Crippen LogP contribution in [0.4, 0.5) is 10.1 Å². The third kappa shape index (κ3) is 10.4. The number of benzene rings is 2. The molecular formula is C30H41ClFN5O4. The molecule has 11 heteroatoms. The van der Waals surface area contributed by atoms with Gasteiger partial charge < -0.3 is 30.9 Å². The normalized spacial score (nSPS) is 12.7. The minimum absolute atomic E-state index is 0.00187. The lowest BCUT2D eigenvalue weighted by molar-refractivity contribution is -0.124. The molecular weight excluding hydrogens is 549 g/mol. The molecule has 0 saturated heterocycles. The van der Waals surface area contributed by atoms with Gasteiger partial charge in [-0.2, -0.15) is 0 Å². The summed E-state index contributed by atoms with van der Waals surface area (Å²) in [7, 11) is 5.58. The van der Waals surface area contributed by atoms with Gasteiger partial charge in [-0.15, -0.1) is 0 Å². The van der Waals surface area contributed by atoms with Gasteiger partial charge in [0.1, 0.15) is 17.3 Å². The summed E-state index contributed by atoms with van der Waals surface area (Å²) < 4.78 is 19.3. The second kappa shape index (κ2) is 15.4. The molecule has 0 aromatic heterocycles. The molecule has 3 amide bonds. The van der Waals surface area contributed by atoms with Crippen LogP contribution in [-0.4, -0.2) is 63.0 Å². The highest BCUT2D eigenvalue weighted by molar-refractivity contribution is 6.31. The van der Waals surface area contributed by atoms with E-state index in [1.807, 2.05) is 45.8 Å². The molecule has 0 aliphatic heterocycles. The van der Waals surface area contributed by atoms with Crippen LogP contribution < -0.4 is 26.0 Å². The number of carbonyl (C=O) groups is 3. The van der Waals surface area contributed by atoms with Crippen molar-refractivity contribution in [3.8, 4) is 5.75 Å². The molecule has 41 heavy (non-hydrogen) atoms. The van der Waals surface area contributed by atoms with Crippen LogP contribution in [0.1, 0.15) is 50.9 Å². The van der Waals surface area contributed by atoms with Gasteiger partial charge in [0.15, 0.2) is 0 Å². The van der Waals surface area contributed by atoms with Gasteiger partial charge in [-0.25, -0.2) is 4.39 Å². The molecule has 2 rings (SSSR count). The van der Waals surface area contributed by atoms with Gasteiger partial charge in [0.05, 0.1) is 17.2 Å². The van der Waals surface area contributed by atoms with Gasteiger partial charge in [0.25, 0.3) is 11.8 Å². The fourth-order valence-corrected chi connectivity index (χ4v) is 4.03. The predicted octanol–water partition coefficient (Wildman–Crippen LogP) is 4.55. The van der Waals surface area contributed by atoms with Crippen molar-refractivity contribution >= 4 is 35.0 Å². The molecule has 2 aromatic carbocycles. The van der Waals surface area contributed by atoms with Gasteiger partial charge in [-0.3, -0.25) is 14.4 Å². The van der Waals surface area contributed by atoms with E-state index in [1.165, 1.54) is 6.07 Å². The van der Waals surface area contributed by atoms with Crippen LogP contribution in [-0.2, 0) is 9.59 Å². The summed E-state index contributed by atoms with van der Waals surface area (Å²) in [4.78, 5) is 41.5. The van der Waals surface area contributed by atoms with Crippen molar-refractivity contribution in [3.63, 3.8) is 0 Å². The zero-order chi connectivity index (χ0) is 30.7. The summed E-state index contributed by atoms with van der Waals surface area (Å²) in [5.74, 6) is -1.98. The summed E-state index contributed by atoms with van der Waals surface area (Å²) in [6.07, 6.45) is 0.487. The number of para-hydroxylation sites is 1. The Morgan fingerprint density at radius 3 is 2.37 bits per heavy atom. The van der Waals surface area contributed by atoms with Crippen LogP contribution in [0.5, 0.6) is 5.75 Å². The average molecular weight is 590 g/mol. The average Bonchev–Trinajstić information content (AvgIpc) is 2.91. The van der Waals surface area contributed by atoms with E-state index in [4.69, 9.17) is 16.3 Å². The highest BCUT2D eigenvalue weighted by atomic mass is 35.5. The SMILES string of the molecule is CCOc1cc(F)c(Cl)cc1C(=O)NCC(C)(C)CC(=O)N/C(C(=O)Nc1ccccc1)=C(\C[C@@H](C)N(C)C)NC. The van der Waals surface area contributed by atoms with Gasteiger partial charge in [0, 0.05) is 49.9 Å². The molecule has 0 bridgehead atoms. The minimum atomic E-state index is -0.701. The van der Waals surface area contributed by atoms with Crippen molar-refractivity contribution < 1.29 is 23.5 Å². The van der Waals surface area contributed by atoms with Crippen molar-refractivity contribution in [1.29, 1.82) is 0 Å². The fourth-order valence-electron chi connectivity index (χ4n) is 3.87. The van der Waals surface area contributed by atoms with Crippen LogP contribution in [0.2, 0.25) is 5.02 Å². The van der Waals surface area contributed by atoms with E-state index in [0.717, 1.165) is 6.07 Å². The van der Waals surface area contributed by atoms with Crippen LogP contribution in [0, 0.1) is 11.2 Å². The van der Waals surface area contributed by atoms with Gasteiger partial charge in [0.2, 0.25) is 5.91 Å². The van der Waals surface area contributed by atoms with Crippen molar-refractivity contribution in [2.24, 2.45) is 5.41 Å². The first-order chi connectivity index (χ1) is 19.3. The van der Waals surface area contributed by atoms with E-state index in [1.54, 1.807) is 38.2 Å². The predicted molar refractivity (Wildman–Crippen MR) is 160 cm³/mol. The van der Waals surface area contributed by atoms with Crippen LogP contribution in [0.3, 0.4) is 0 Å². The van der Waals surface area contributed by atoms with Gasteiger partial charge >= 0.3 is 0 Å². The number of hydrogen-bond donors (Lipinski definition) is 4. The molecule has 0 saturated carbocycles. The highest BCUT2D eigenvalue weighted by Crippen LogP contribution is 2.27. The lowest BCUT2D eigenvalue weighted by atomic mass is 9.88. The van der Waals surface area contributed by atoms with E-state index in [0.29, 0.717) is 17.8 Å². The van der Waals surface area contributed by atoms with E-state index in [9.17, 15) is 18.8 Å². The summed E-state index contributed by atoms with van der Waals surface area (Å²) in [6, 6.07) is 11.3. The largest absolute Gasteiger partial charge is 0.493 e. The maximum Gasteiger partial charge on any atom is 0.273 e. The summed E-state index contributed by atoms with van der Waals surface area (Å²) in [5, 5.41) is 11.3. The fraction of sp³-hybridized carbons (Fsp3) is 0.433. The second-order valence-corrected chi connectivity index (χ2v) is 11.1. The molecule has 224 valence electrons. The number of ether oxygens (including phenoxy) is 1. The number of carbonyl (C=O) groups excluding carboxylic acids is 3. The Hall–Kier alpha value is -3.63. The van der Waals surface area contributed by atoms with Crippen molar-refractivity contribution in [2.45, 2.75) is 46.6 Å². The maximum atomic E-state index is 13.9. The topological polar surface area (TPSA) is 112 Å². The number of nitrogens with zero attached hydrogens (tertiary/aromatic N) is 1. The zero-order valence-electron chi connectivity index (χ0n) is 24.8.